The van der Waals surface area contributed by atoms with E-state index in [2.05, 4.69) is 24.1 Å². The van der Waals surface area contributed by atoms with E-state index in [0.717, 1.165) is 12.1 Å². The summed E-state index contributed by atoms with van der Waals surface area (Å²) in [6, 6.07) is 12.9. The lowest BCUT2D eigenvalue weighted by atomic mass is 9.99. The number of amides is 1. The number of rotatable bonds is 9. The van der Waals surface area contributed by atoms with Gasteiger partial charge in [-0.2, -0.15) is 0 Å². The lowest BCUT2D eigenvalue weighted by Gasteiger charge is -2.13. The summed E-state index contributed by atoms with van der Waals surface area (Å²) >= 11 is 7.28. The van der Waals surface area contributed by atoms with Crippen LogP contribution in [0, 0.1) is 0 Å². The van der Waals surface area contributed by atoms with Crippen molar-refractivity contribution < 1.29 is 9.53 Å². The van der Waals surface area contributed by atoms with Crippen LogP contribution in [-0.4, -0.2) is 34.9 Å². The number of hydrogen-bond donors (Lipinski definition) is 1. The molecule has 1 amide bonds. The molecule has 0 bridgehead atoms. The van der Waals surface area contributed by atoms with Crippen LogP contribution in [0.15, 0.2) is 52.4 Å². The van der Waals surface area contributed by atoms with Gasteiger partial charge in [-0.3, -0.25) is 14.2 Å². The van der Waals surface area contributed by atoms with Crippen LogP contribution in [0.3, 0.4) is 0 Å². The molecule has 1 N–H and O–H groups in total. The average molecular weight is 460 g/mol. The van der Waals surface area contributed by atoms with Crippen LogP contribution in [0.4, 0.5) is 5.69 Å². The highest BCUT2D eigenvalue weighted by Crippen LogP contribution is 2.22. The van der Waals surface area contributed by atoms with Gasteiger partial charge in [0.2, 0.25) is 5.91 Å². The van der Waals surface area contributed by atoms with Crippen molar-refractivity contribution in [3.05, 3.63) is 63.4 Å². The van der Waals surface area contributed by atoms with Crippen LogP contribution in [0.5, 0.6) is 0 Å². The van der Waals surface area contributed by atoms with E-state index >= 15 is 0 Å². The molecule has 0 saturated heterocycles. The van der Waals surface area contributed by atoms with Gasteiger partial charge in [-0.25, -0.2) is 4.98 Å². The smallest absolute Gasteiger partial charge is 0.262 e. The third-order valence-electron chi connectivity index (χ3n) is 5.11. The molecular weight excluding hydrogens is 434 g/mol. The standard InChI is InChI=1S/C23H26ClN3O3S/c1-4-15(2)16-5-8-18(9-6-16)25-21(28)14-31-23-26-20-13-17(24)7-10-19(20)22(29)27(23)11-12-30-3/h5-10,13,15H,4,11-12,14H2,1-3H3,(H,25,28). The number of fused-ring (bicyclic) bond motifs is 1. The van der Waals surface area contributed by atoms with Gasteiger partial charge in [0.15, 0.2) is 5.16 Å². The first kappa shape index (κ1) is 23.3. The van der Waals surface area contributed by atoms with Crippen LogP contribution < -0.4 is 10.9 Å². The Kier molecular flexibility index (Phi) is 8.12. The van der Waals surface area contributed by atoms with Gasteiger partial charge in [0.1, 0.15) is 0 Å². The van der Waals surface area contributed by atoms with Crippen molar-refractivity contribution in [3.63, 3.8) is 0 Å². The molecule has 1 atom stereocenters. The Morgan fingerprint density at radius 3 is 2.68 bits per heavy atom. The zero-order chi connectivity index (χ0) is 22.4. The van der Waals surface area contributed by atoms with Gasteiger partial charge in [0, 0.05) is 17.8 Å². The molecule has 1 unspecified atom stereocenters. The van der Waals surface area contributed by atoms with Gasteiger partial charge < -0.3 is 10.1 Å². The summed E-state index contributed by atoms with van der Waals surface area (Å²) in [6.07, 6.45) is 1.07. The predicted molar refractivity (Wildman–Crippen MR) is 127 cm³/mol. The van der Waals surface area contributed by atoms with Gasteiger partial charge in [0.05, 0.1) is 29.8 Å². The predicted octanol–water partition coefficient (Wildman–Crippen LogP) is 4.94. The molecule has 2 aromatic carbocycles. The fourth-order valence-corrected chi connectivity index (χ4v) is 4.11. The highest BCUT2D eigenvalue weighted by Gasteiger charge is 2.14. The van der Waals surface area contributed by atoms with Crippen molar-refractivity contribution in [2.24, 2.45) is 0 Å². The summed E-state index contributed by atoms with van der Waals surface area (Å²) in [6.45, 7) is 5.04. The third-order valence-corrected chi connectivity index (χ3v) is 6.32. The van der Waals surface area contributed by atoms with Gasteiger partial charge >= 0.3 is 0 Å². The molecule has 0 aliphatic heterocycles. The summed E-state index contributed by atoms with van der Waals surface area (Å²) < 4.78 is 6.67. The van der Waals surface area contributed by atoms with Gasteiger partial charge in [-0.1, -0.05) is 49.3 Å². The Labute approximate surface area is 191 Å². The largest absolute Gasteiger partial charge is 0.383 e. The first-order valence-corrected chi connectivity index (χ1v) is 11.5. The molecule has 6 nitrogen and oxygen atoms in total. The van der Waals surface area contributed by atoms with E-state index in [9.17, 15) is 9.59 Å². The molecule has 31 heavy (non-hydrogen) atoms. The van der Waals surface area contributed by atoms with Crippen molar-refractivity contribution in [1.82, 2.24) is 9.55 Å². The topological polar surface area (TPSA) is 73.2 Å². The second-order valence-electron chi connectivity index (χ2n) is 7.27. The zero-order valence-corrected chi connectivity index (χ0v) is 19.4. The minimum absolute atomic E-state index is 0.124. The second-order valence-corrected chi connectivity index (χ2v) is 8.65. The number of anilines is 1. The van der Waals surface area contributed by atoms with Crippen molar-refractivity contribution in [3.8, 4) is 0 Å². The lowest BCUT2D eigenvalue weighted by Crippen LogP contribution is -2.26. The van der Waals surface area contributed by atoms with Crippen molar-refractivity contribution in [2.45, 2.75) is 37.9 Å². The highest BCUT2D eigenvalue weighted by atomic mass is 35.5. The summed E-state index contributed by atoms with van der Waals surface area (Å²) in [4.78, 5) is 30.0. The molecule has 0 aliphatic carbocycles. The van der Waals surface area contributed by atoms with Crippen molar-refractivity contribution in [2.75, 3.05) is 24.8 Å². The Morgan fingerprint density at radius 1 is 1.26 bits per heavy atom. The molecule has 0 aliphatic rings. The SMILES string of the molecule is CCC(C)c1ccc(NC(=O)CSc2nc3cc(Cl)ccc3c(=O)n2CCOC)cc1. The van der Waals surface area contributed by atoms with E-state index in [1.165, 1.54) is 17.3 Å². The first-order valence-electron chi connectivity index (χ1n) is 10.1. The van der Waals surface area contributed by atoms with E-state index < -0.39 is 0 Å². The van der Waals surface area contributed by atoms with Crippen molar-refractivity contribution in [1.29, 1.82) is 0 Å². The molecule has 1 heterocycles. The molecular formula is C23H26ClN3O3S. The Hall–Kier alpha value is -2.35. The number of hydrogen-bond acceptors (Lipinski definition) is 5. The Morgan fingerprint density at radius 2 is 2.00 bits per heavy atom. The molecule has 0 fully saturated rings. The number of thioether (sulfide) groups is 1. The number of halogens is 1. The van der Waals surface area contributed by atoms with Gasteiger partial charge in [0.25, 0.3) is 5.56 Å². The number of methoxy groups -OCH3 is 1. The van der Waals surface area contributed by atoms with E-state index in [0.29, 0.717) is 40.2 Å². The maximum Gasteiger partial charge on any atom is 0.262 e. The number of benzene rings is 2. The molecule has 164 valence electrons. The second kappa shape index (κ2) is 10.8. The van der Waals surface area contributed by atoms with Crippen LogP contribution in [0.25, 0.3) is 10.9 Å². The average Bonchev–Trinajstić information content (AvgIpc) is 2.77. The molecule has 3 rings (SSSR count). The van der Waals surface area contributed by atoms with E-state index in [1.807, 2.05) is 24.3 Å². The van der Waals surface area contributed by atoms with Crippen LogP contribution >= 0.6 is 23.4 Å². The molecule has 8 heteroatoms. The minimum atomic E-state index is -0.178. The third kappa shape index (κ3) is 5.87. The van der Waals surface area contributed by atoms with Crippen LogP contribution in [-0.2, 0) is 16.1 Å². The first-order chi connectivity index (χ1) is 14.9. The molecule has 0 spiro atoms. The van der Waals surface area contributed by atoms with E-state index in [1.54, 1.807) is 29.9 Å². The molecule has 1 aromatic heterocycles. The molecule has 0 radical (unpaired) electrons. The minimum Gasteiger partial charge on any atom is -0.383 e. The van der Waals surface area contributed by atoms with Crippen LogP contribution in [0.2, 0.25) is 5.02 Å². The van der Waals surface area contributed by atoms with Crippen molar-refractivity contribution >= 4 is 45.9 Å². The fourth-order valence-electron chi connectivity index (χ4n) is 3.12. The number of ether oxygens (including phenoxy) is 1. The summed E-state index contributed by atoms with van der Waals surface area (Å²) in [5, 5.41) is 4.34. The Bertz CT molecular complexity index is 1120. The summed E-state index contributed by atoms with van der Waals surface area (Å²) in [5.41, 5.74) is 2.32. The number of nitrogens with one attached hydrogen (secondary N) is 1. The van der Waals surface area contributed by atoms with E-state index in [4.69, 9.17) is 16.3 Å². The maximum absolute atomic E-state index is 12.9. The van der Waals surface area contributed by atoms with Crippen LogP contribution in [0.1, 0.15) is 31.7 Å². The Balaban J connectivity index is 1.75. The summed E-state index contributed by atoms with van der Waals surface area (Å²) in [7, 11) is 1.58. The zero-order valence-electron chi connectivity index (χ0n) is 17.9. The number of carbonyl (C=O) groups excluding carboxylic acids is 1. The monoisotopic (exact) mass is 459 g/mol. The molecule has 0 saturated carbocycles. The normalized spacial score (nSPS) is 12.1. The number of aromatic nitrogens is 2. The number of carbonyl (C=O) groups is 1. The lowest BCUT2D eigenvalue weighted by molar-refractivity contribution is -0.113. The van der Waals surface area contributed by atoms with Gasteiger partial charge in [-0.15, -0.1) is 0 Å². The van der Waals surface area contributed by atoms with E-state index in [-0.39, 0.29) is 17.2 Å². The summed E-state index contributed by atoms with van der Waals surface area (Å²) in [5.74, 6) is 0.440. The molecule has 3 aromatic rings. The fraction of sp³-hybridized carbons (Fsp3) is 0.348. The highest BCUT2D eigenvalue weighted by molar-refractivity contribution is 7.99. The quantitative estimate of drug-likeness (QED) is 0.362. The number of nitrogens with zero attached hydrogens (tertiary/aromatic N) is 2. The van der Waals surface area contributed by atoms with Gasteiger partial charge in [-0.05, 0) is 48.2 Å². The maximum atomic E-state index is 12.9.